The first kappa shape index (κ1) is 19.3. The van der Waals surface area contributed by atoms with E-state index in [-0.39, 0.29) is 23.3 Å². The number of nitrogens with one attached hydrogen (secondary N) is 1. The Labute approximate surface area is 170 Å². The van der Waals surface area contributed by atoms with Crippen LogP contribution in [0.5, 0.6) is 0 Å². The normalized spacial score (nSPS) is 15.2. The van der Waals surface area contributed by atoms with Gasteiger partial charge in [-0.2, -0.15) is 13.2 Å². The standard InChI is InChI=1S/C17H14BrF3N4O2S/c1-28-23-11-5-25(6-11)16(26)13-7-24-4-9(10-3-14(18)27-8-10)2-12(15(24)22-13)17(19,20)21/h2-4,7-8,11,23H,5-6H2,1H3. The summed E-state index contributed by atoms with van der Waals surface area (Å²) < 4.78 is 50.7. The molecule has 1 saturated heterocycles. The molecule has 4 rings (SSSR count). The minimum absolute atomic E-state index is 0.0152. The van der Waals surface area contributed by atoms with Gasteiger partial charge in [0.25, 0.3) is 5.91 Å². The first-order valence-electron chi connectivity index (χ1n) is 8.18. The number of rotatable bonds is 4. The van der Waals surface area contributed by atoms with Crippen molar-refractivity contribution in [2.24, 2.45) is 0 Å². The van der Waals surface area contributed by atoms with Crippen LogP contribution in [-0.2, 0) is 6.18 Å². The van der Waals surface area contributed by atoms with Gasteiger partial charge in [0.05, 0.1) is 17.9 Å². The van der Waals surface area contributed by atoms with Gasteiger partial charge in [-0.1, -0.05) is 11.9 Å². The molecule has 4 heterocycles. The minimum Gasteiger partial charge on any atom is -0.457 e. The number of alkyl halides is 3. The van der Waals surface area contributed by atoms with E-state index in [0.717, 1.165) is 6.07 Å². The highest BCUT2D eigenvalue weighted by Gasteiger charge is 2.36. The molecule has 0 aromatic carbocycles. The predicted octanol–water partition coefficient (Wildman–Crippen LogP) is 4.07. The SMILES string of the molecule is CSNC1CN(C(=O)c2cn3cc(-c4coc(Br)c4)cc(C(F)(F)F)c3n2)C1. The maximum absolute atomic E-state index is 13.6. The van der Waals surface area contributed by atoms with Crippen LogP contribution in [0.25, 0.3) is 16.8 Å². The summed E-state index contributed by atoms with van der Waals surface area (Å²) in [4.78, 5) is 18.1. The van der Waals surface area contributed by atoms with E-state index in [0.29, 0.717) is 28.9 Å². The second-order valence-electron chi connectivity index (χ2n) is 6.37. The fourth-order valence-corrected chi connectivity index (χ4v) is 3.90. The highest BCUT2D eigenvalue weighted by molar-refractivity contribution is 9.10. The van der Waals surface area contributed by atoms with Crippen molar-refractivity contribution in [3.63, 3.8) is 0 Å². The third-order valence-corrected chi connectivity index (χ3v) is 5.41. The van der Waals surface area contributed by atoms with Gasteiger partial charge in [-0.3, -0.25) is 9.52 Å². The van der Waals surface area contributed by atoms with Crippen molar-refractivity contribution in [1.82, 2.24) is 19.0 Å². The molecule has 28 heavy (non-hydrogen) atoms. The molecule has 1 aliphatic heterocycles. The van der Waals surface area contributed by atoms with Crippen LogP contribution in [0.4, 0.5) is 13.2 Å². The fourth-order valence-electron chi connectivity index (χ4n) is 3.08. The summed E-state index contributed by atoms with van der Waals surface area (Å²) in [6.07, 6.45) is 1.46. The van der Waals surface area contributed by atoms with Crippen LogP contribution in [0.3, 0.4) is 0 Å². The van der Waals surface area contributed by atoms with Gasteiger partial charge >= 0.3 is 6.18 Å². The molecule has 3 aromatic rings. The highest BCUT2D eigenvalue weighted by atomic mass is 79.9. The second kappa shape index (κ2) is 7.12. The fraction of sp³-hybridized carbons (Fsp3) is 0.294. The Hall–Kier alpha value is -1.98. The smallest absolute Gasteiger partial charge is 0.420 e. The van der Waals surface area contributed by atoms with E-state index in [4.69, 9.17) is 4.42 Å². The predicted molar refractivity (Wildman–Crippen MR) is 102 cm³/mol. The van der Waals surface area contributed by atoms with E-state index >= 15 is 0 Å². The summed E-state index contributed by atoms with van der Waals surface area (Å²) in [5.74, 6) is -0.386. The zero-order valence-corrected chi connectivity index (χ0v) is 16.9. The van der Waals surface area contributed by atoms with Crippen LogP contribution in [-0.4, -0.2) is 45.6 Å². The van der Waals surface area contributed by atoms with Crippen molar-refractivity contribution < 1.29 is 22.4 Å². The molecule has 1 aliphatic rings. The third kappa shape index (κ3) is 3.53. The van der Waals surface area contributed by atoms with Crippen molar-refractivity contribution in [2.75, 3.05) is 19.3 Å². The quantitative estimate of drug-likeness (QED) is 0.577. The summed E-state index contributed by atoms with van der Waals surface area (Å²) in [7, 11) is 0. The van der Waals surface area contributed by atoms with E-state index < -0.39 is 11.7 Å². The van der Waals surface area contributed by atoms with Gasteiger partial charge in [0, 0.05) is 36.6 Å². The molecule has 1 fully saturated rings. The number of nitrogens with zero attached hydrogens (tertiary/aromatic N) is 3. The van der Waals surface area contributed by atoms with Gasteiger partial charge in [0.2, 0.25) is 0 Å². The van der Waals surface area contributed by atoms with Gasteiger partial charge < -0.3 is 13.7 Å². The Bertz CT molecular complexity index is 1040. The summed E-state index contributed by atoms with van der Waals surface area (Å²) in [5, 5.41) is 0. The summed E-state index contributed by atoms with van der Waals surface area (Å²) in [5.41, 5.74) is -0.444. The van der Waals surface area contributed by atoms with Gasteiger partial charge in [-0.15, -0.1) is 0 Å². The van der Waals surface area contributed by atoms with E-state index in [2.05, 4.69) is 25.6 Å². The molecule has 0 saturated carbocycles. The zero-order valence-electron chi connectivity index (χ0n) is 14.5. The maximum Gasteiger partial charge on any atom is 0.420 e. The van der Waals surface area contributed by atoms with Crippen LogP contribution in [0.2, 0.25) is 0 Å². The summed E-state index contributed by atoms with van der Waals surface area (Å²) >= 11 is 4.60. The number of carbonyl (C=O) groups excluding carboxylic acids is 1. The number of likely N-dealkylation sites (tertiary alicyclic amines) is 1. The molecule has 6 nitrogen and oxygen atoms in total. The Kier molecular flexibility index (Phi) is 4.92. The molecular formula is C17H14BrF3N4O2S. The third-order valence-electron chi connectivity index (χ3n) is 4.43. The number of hydrogen-bond acceptors (Lipinski definition) is 5. The number of furan rings is 1. The topological polar surface area (TPSA) is 62.8 Å². The molecule has 11 heteroatoms. The lowest BCUT2D eigenvalue weighted by Gasteiger charge is -2.38. The molecule has 3 aromatic heterocycles. The molecule has 0 aliphatic carbocycles. The van der Waals surface area contributed by atoms with Crippen molar-refractivity contribution in [1.29, 1.82) is 0 Å². The second-order valence-corrected chi connectivity index (χ2v) is 7.79. The molecule has 148 valence electrons. The highest BCUT2D eigenvalue weighted by Crippen LogP contribution is 2.36. The Morgan fingerprint density at radius 2 is 2.07 bits per heavy atom. The van der Waals surface area contributed by atoms with Gasteiger partial charge in [-0.05, 0) is 34.3 Å². The van der Waals surface area contributed by atoms with Crippen molar-refractivity contribution in [3.8, 4) is 11.1 Å². The van der Waals surface area contributed by atoms with Gasteiger partial charge in [-0.25, -0.2) is 4.98 Å². The molecule has 1 amide bonds. The number of amides is 1. The number of imidazole rings is 1. The van der Waals surface area contributed by atoms with Gasteiger partial charge in [0.15, 0.2) is 4.67 Å². The molecule has 0 unspecified atom stereocenters. The monoisotopic (exact) mass is 474 g/mol. The average Bonchev–Trinajstić information content (AvgIpc) is 3.21. The largest absolute Gasteiger partial charge is 0.457 e. The first-order chi connectivity index (χ1) is 13.3. The van der Waals surface area contributed by atoms with E-state index in [1.54, 1.807) is 11.0 Å². The van der Waals surface area contributed by atoms with Crippen molar-refractivity contribution in [3.05, 3.63) is 46.7 Å². The Morgan fingerprint density at radius 1 is 1.32 bits per heavy atom. The first-order valence-corrected chi connectivity index (χ1v) is 10.2. The lowest BCUT2D eigenvalue weighted by Crippen LogP contribution is -2.58. The number of aromatic nitrogens is 2. The van der Waals surface area contributed by atoms with Crippen molar-refractivity contribution in [2.45, 2.75) is 12.2 Å². The van der Waals surface area contributed by atoms with E-state index in [9.17, 15) is 18.0 Å². The summed E-state index contributed by atoms with van der Waals surface area (Å²) in [6, 6.07) is 2.76. The van der Waals surface area contributed by atoms with E-state index in [1.807, 2.05) is 6.26 Å². The molecule has 1 N–H and O–H groups in total. The number of halogens is 4. The maximum atomic E-state index is 13.6. The van der Waals surface area contributed by atoms with Crippen LogP contribution < -0.4 is 4.72 Å². The summed E-state index contributed by atoms with van der Waals surface area (Å²) in [6.45, 7) is 0.988. The van der Waals surface area contributed by atoms with Crippen LogP contribution >= 0.6 is 27.9 Å². The number of fused-ring (bicyclic) bond motifs is 1. The lowest BCUT2D eigenvalue weighted by atomic mass is 10.1. The number of hydrogen-bond donors (Lipinski definition) is 1. The molecular weight excluding hydrogens is 461 g/mol. The molecule has 0 atom stereocenters. The Morgan fingerprint density at radius 3 is 2.68 bits per heavy atom. The molecule has 0 radical (unpaired) electrons. The molecule has 0 spiro atoms. The molecule has 0 bridgehead atoms. The Balaban J connectivity index is 1.72. The van der Waals surface area contributed by atoms with Gasteiger partial charge in [0.1, 0.15) is 11.3 Å². The number of pyridine rings is 1. The van der Waals surface area contributed by atoms with Crippen LogP contribution in [0, 0.1) is 0 Å². The van der Waals surface area contributed by atoms with Crippen molar-refractivity contribution >= 4 is 39.4 Å². The van der Waals surface area contributed by atoms with Crippen LogP contribution in [0.1, 0.15) is 16.1 Å². The van der Waals surface area contributed by atoms with Crippen LogP contribution in [0.15, 0.2) is 39.9 Å². The van der Waals surface area contributed by atoms with E-state index in [1.165, 1.54) is 35.0 Å². The number of carbonyl (C=O) groups is 1. The minimum atomic E-state index is -4.62. The zero-order chi connectivity index (χ0) is 20.1. The lowest BCUT2D eigenvalue weighted by molar-refractivity contribution is -0.136. The average molecular weight is 475 g/mol.